The van der Waals surface area contributed by atoms with Gasteiger partial charge in [-0.15, -0.1) is 0 Å². The van der Waals surface area contributed by atoms with Crippen LogP contribution in [0.25, 0.3) is 0 Å². The molecule has 1 fully saturated rings. The number of carbonyl (C=O) groups is 2. The van der Waals surface area contributed by atoms with Crippen LogP contribution in [0.5, 0.6) is 0 Å². The quantitative estimate of drug-likeness (QED) is 0.510. The summed E-state index contributed by atoms with van der Waals surface area (Å²) in [6.45, 7) is 0.931. The van der Waals surface area contributed by atoms with Crippen molar-refractivity contribution >= 4 is 29.3 Å². The standard InChI is InChI=1S/C20H19F5N4O2S/c21-19(22)32-17-13(4-3-7-26-17)18(31)29-10-8-28(9-11-29)12-16(30)27-15-6-2-1-5-14(15)20(23,24)25/h1-7,19H,8-12H2,(H,27,30). The molecule has 1 aliphatic rings. The van der Waals surface area contributed by atoms with Gasteiger partial charge in [0.05, 0.1) is 23.4 Å². The van der Waals surface area contributed by atoms with Crippen LogP contribution in [0, 0.1) is 0 Å². The SMILES string of the molecule is O=C(CN1CCN(C(=O)c2cccnc2SC(F)F)CC1)Nc1ccccc1C(F)(F)F. The van der Waals surface area contributed by atoms with Crippen molar-refractivity contribution in [3.63, 3.8) is 0 Å². The molecule has 1 N–H and O–H groups in total. The number of nitrogens with zero attached hydrogens (tertiary/aromatic N) is 3. The summed E-state index contributed by atoms with van der Waals surface area (Å²) in [7, 11) is 0. The van der Waals surface area contributed by atoms with Gasteiger partial charge in [0.1, 0.15) is 5.03 Å². The third-order valence-electron chi connectivity index (χ3n) is 4.74. The van der Waals surface area contributed by atoms with E-state index >= 15 is 0 Å². The number of carbonyl (C=O) groups excluding carboxylic acids is 2. The van der Waals surface area contributed by atoms with E-state index in [0.29, 0.717) is 13.1 Å². The number of hydrogen-bond acceptors (Lipinski definition) is 5. The molecule has 0 atom stereocenters. The third-order valence-corrected chi connectivity index (χ3v) is 5.46. The van der Waals surface area contributed by atoms with Crippen molar-refractivity contribution in [3.8, 4) is 0 Å². The Kier molecular flexibility index (Phi) is 7.67. The molecule has 172 valence electrons. The Morgan fingerprint density at radius 3 is 2.41 bits per heavy atom. The van der Waals surface area contributed by atoms with E-state index in [0.717, 1.165) is 6.07 Å². The number of anilines is 1. The number of alkyl halides is 5. The number of halogens is 5. The van der Waals surface area contributed by atoms with E-state index in [1.807, 2.05) is 0 Å². The second kappa shape index (κ2) is 10.3. The number of benzene rings is 1. The van der Waals surface area contributed by atoms with E-state index in [2.05, 4.69) is 10.3 Å². The summed E-state index contributed by atoms with van der Waals surface area (Å²) in [5.41, 5.74) is -1.18. The fourth-order valence-corrected chi connectivity index (χ4v) is 3.82. The predicted molar refractivity (Wildman–Crippen MR) is 109 cm³/mol. The van der Waals surface area contributed by atoms with Gasteiger partial charge in [0.25, 0.3) is 11.7 Å². The lowest BCUT2D eigenvalue weighted by Gasteiger charge is -2.34. The first-order chi connectivity index (χ1) is 15.1. The highest BCUT2D eigenvalue weighted by Gasteiger charge is 2.34. The Hall–Kier alpha value is -2.73. The average molecular weight is 474 g/mol. The Balaban J connectivity index is 1.56. The predicted octanol–water partition coefficient (Wildman–Crippen LogP) is 3.81. The molecule has 6 nitrogen and oxygen atoms in total. The maximum absolute atomic E-state index is 13.1. The maximum Gasteiger partial charge on any atom is 0.418 e. The van der Waals surface area contributed by atoms with Crippen LogP contribution in [-0.2, 0) is 11.0 Å². The Morgan fingerprint density at radius 1 is 1.06 bits per heavy atom. The minimum atomic E-state index is -4.59. The summed E-state index contributed by atoms with van der Waals surface area (Å²) in [6, 6.07) is 7.62. The van der Waals surface area contributed by atoms with Gasteiger partial charge >= 0.3 is 6.18 Å². The van der Waals surface area contributed by atoms with Crippen LogP contribution in [0.15, 0.2) is 47.6 Å². The van der Waals surface area contributed by atoms with Crippen LogP contribution >= 0.6 is 11.8 Å². The van der Waals surface area contributed by atoms with Crippen molar-refractivity contribution in [2.24, 2.45) is 0 Å². The van der Waals surface area contributed by atoms with Gasteiger partial charge in [0.2, 0.25) is 5.91 Å². The Bertz CT molecular complexity index is 965. The summed E-state index contributed by atoms with van der Waals surface area (Å²) >= 11 is 0.195. The second-order valence-electron chi connectivity index (χ2n) is 6.89. The molecule has 0 radical (unpaired) electrons. The van der Waals surface area contributed by atoms with Gasteiger partial charge in [-0.3, -0.25) is 14.5 Å². The minimum absolute atomic E-state index is 0.0577. The molecule has 0 unspecified atom stereocenters. The highest BCUT2D eigenvalue weighted by Crippen LogP contribution is 2.34. The number of para-hydroxylation sites is 1. The molecule has 1 aromatic heterocycles. The van der Waals surface area contributed by atoms with E-state index in [1.165, 1.54) is 41.4 Å². The fraction of sp³-hybridized carbons (Fsp3) is 0.350. The van der Waals surface area contributed by atoms with Gasteiger partial charge in [-0.05, 0) is 36.0 Å². The highest BCUT2D eigenvalue weighted by molar-refractivity contribution is 7.99. The summed E-state index contributed by atoms with van der Waals surface area (Å²) < 4.78 is 64.6. The lowest BCUT2D eigenvalue weighted by molar-refractivity contribution is -0.137. The summed E-state index contributed by atoms with van der Waals surface area (Å²) in [5.74, 6) is -3.76. The Labute approximate surface area is 184 Å². The molecule has 1 aliphatic heterocycles. The van der Waals surface area contributed by atoms with Crippen LogP contribution in [0.2, 0.25) is 0 Å². The van der Waals surface area contributed by atoms with E-state index < -0.39 is 29.3 Å². The first kappa shape index (κ1) is 23.9. The highest BCUT2D eigenvalue weighted by atomic mass is 32.2. The number of nitrogens with one attached hydrogen (secondary N) is 1. The minimum Gasteiger partial charge on any atom is -0.336 e. The first-order valence-corrected chi connectivity index (χ1v) is 10.4. The lowest BCUT2D eigenvalue weighted by Crippen LogP contribution is -2.50. The van der Waals surface area contributed by atoms with Gasteiger partial charge < -0.3 is 10.2 Å². The van der Waals surface area contributed by atoms with E-state index in [9.17, 15) is 31.5 Å². The largest absolute Gasteiger partial charge is 0.418 e. The molecule has 0 saturated carbocycles. The first-order valence-electron chi connectivity index (χ1n) is 9.52. The molecular formula is C20H19F5N4O2S. The van der Waals surface area contributed by atoms with Crippen molar-refractivity contribution in [1.82, 2.24) is 14.8 Å². The zero-order valence-corrected chi connectivity index (χ0v) is 17.4. The lowest BCUT2D eigenvalue weighted by atomic mass is 10.1. The third kappa shape index (κ3) is 6.16. The molecule has 2 aromatic rings. The number of rotatable bonds is 6. The van der Waals surface area contributed by atoms with Gasteiger partial charge in [0, 0.05) is 32.4 Å². The molecule has 1 aromatic carbocycles. The van der Waals surface area contributed by atoms with E-state index in [4.69, 9.17) is 0 Å². The molecule has 0 spiro atoms. The molecule has 32 heavy (non-hydrogen) atoms. The molecule has 1 saturated heterocycles. The van der Waals surface area contributed by atoms with Crippen molar-refractivity contribution in [1.29, 1.82) is 0 Å². The van der Waals surface area contributed by atoms with Crippen LogP contribution in [0.3, 0.4) is 0 Å². The van der Waals surface area contributed by atoms with Gasteiger partial charge in [-0.25, -0.2) is 4.98 Å². The molecule has 0 aliphatic carbocycles. The van der Waals surface area contributed by atoms with Crippen molar-refractivity contribution in [2.75, 3.05) is 38.0 Å². The number of piperazine rings is 1. The number of thioether (sulfide) groups is 1. The van der Waals surface area contributed by atoms with Crippen LogP contribution in [0.4, 0.5) is 27.6 Å². The van der Waals surface area contributed by atoms with Gasteiger partial charge in [-0.1, -0.05) is 12.1 Å². The number of amides is 2. The van der Waals surface area contributed by atoms with Crippen LogP contribution in [-0.4, -0.2) is 65.1 Å². The monoisotopic (exact) mass is 474 g/mol. The van der Waals surface area contributed by atoms with Crippen molar-refractivity contribution in [3.05, 3.63) is 53.7 Å². The fourth-order valence-electron chi connectivity index (χ4n) is 3.24. The molecule has 0 bridgehead atoms. The molecular weight excluding hydrogens is 455 g/mol. The molecule has 3 rings (SSSR count). The number of pyridine rings is 1. The molecule has 12 heteroatoms. The second-order valence-corrected chi connectivity index (χ2v) is 7.87. The van der Waals surface area contributed by atoms with E-state index in [-0.39, 0.29) is 47.7 Å². The zero-order chi connectivity index (χ0) is 23.3. The molecule has 2 amide bonds. The summed E-state index contributed by atoms with van der Waals surface area (Å²) in [4.78, 5) is 32.0. The Morgan fingerprint density at radius 2 is 1.75 bits per heavy atom. The normalized spacial score (nSPS) is 15.1. The maximum atomic E-state index is 13.1. The van der Waals surface area contributed by atoms with Crippen molar-refractivity contribution < 1.29 is 31.5 Å². The van der Waals surface area contributed by atoms with Crippen LogP contribution < -0.4 is 5.32 Å². The smallest absolute Gasteiger partial charge is 0.336 e. The molecule has 2 heterocycles. The zero-order valence-electron chi connectivity index (χ0n) is 16.6. The van der Waals surface area contributed by atoms with Gasteiger partial charge in [0.15, 0.2) is 0 Å². The number of hydrogen-bond donors (Lipinski definition) is 1. The summed E-state index contributed by atoms with van der Waals surface area (Å²) in [6.07, 6.45) is -3.27. The number of aromatic nitrogens is 1. The van der Waals surface area contributed by atoms with Crippen LogP contribution in [0.1, 0.15) is 15.9 Å². The van der Waals surface area contributed by atoms with Crippen molar-refractivity contribution in [2.45, 2.75) is 17.0 Å². The van der Waals surface area contributed by atoms with Gasteiger partial charge in [-0.2, -0.15) is 22.0 Å². The topological polar surface area (TPSA) is 65.5 Å². The average Bonchev–Trinajstić information content (AvgIpc) is 2.73. The summed E-state index contributed by atoms with van der Waals surface area (Å²) in [5, 5.41) is 2.23. The van der Waals surface area contributed by atoms with E-state index in [1.54, 1.807) is 4.90 Å².